The number of nitrogens with two attached hydrogens (primary N) is 2. The highest BCUT2D eigenvalue weighted by molar-refractivity contribution is 5.73. The number of carboxylic acids is 1. The molecule has 0 fully saturated rings. The summed E-state index contributed by atoms with van der Waals surface area (Å²) in [6, 6.07) is 0. The molecule has 0 amide bonds. The number of nitrogen functional groups attached to an aromatic ring is 1. The van der Waals surface area contributed by atoms with E-state index in [1.165, 1.54) is 0 Å². The predicted octanol–water partition coefficient (Wildman–Crippen LogP) is 0.687. The molecule has 5 nitrogen and oxygen atoms in total. The molecule has 7 heteroatoms. The molecule has 0 spiro atoms. The smallest absolute Gasteiger partial charge is 0.307 e. The van der Waals surface area contributed by atoms with E-state index < -0.39 is 18.1 Å². The number of pyridine rings is 1. The van der Waals surface area contributed by atoms with Crippen molar-refractivity contribution >= 4 is 11.7 Å². The number of aliphatic carboxylic acids is 1. The van der Waals surface area contributed by atoms with Crippen molar-refractivity contribution < 1.29 is 18.7 Å². The van der Waals surface area contributed by atoms with E-state index in [9.17, 15) is 13.6 Å². The van der Waals surface area contributed by atoms with Crippen LogP contribution in [0.1, 0.15) is 23.2 Å². The second kappa shape index (κ2) is 4.84. The number of alkyl halides is 2. The lowest BCUT2D eigenvalue weighted by molar-refractivity contribution is -0.136. The normalized spacial score (nSPS) is 10.8. The average Bonchev–Trinajstić information content (AvgIpc) is 2.19. The van der Waals surface area contributed by atoms with Gasteiger partial charge in [-0.25, -0.2) is 8.78 Å². The summed E-state index contributed by atoms with van der Waals surface area (Å²) < 4.78 is 25.0. The van der Waals surface area contributed by atoms with Crippen LogP contribution < -0.4 is 11.5 Å². The van der Waals surface area contributed by atoms with Gasteiger partial charge in [0.1, 0.15) is 5.69 Å². The van der Waals surface area contributed by atoms with E-state index in [0.717, 1.165) is 6.20 Å². The fraction of sp³-hybridized carbons (Fsp3) is 0.333. The second-order valence-electron chi connectivity index (χ2n) is 3.14. The summed E-state index contributed by atoms with van der Waals surface area (Å²) in [4.78, 5) is 14.0. The summed E-state index contributed by atoms with van der Waals surface area (Å²) in [5, 5.41) is 8.57. The zero-order valence-corrected chi connectivity index (χ0v) is 8.28. The number of halogens is 2. The van der Waals surface area contributed by atoms with E-state index in [1.807, 2.05) is 0 Å². The molecule has 0 aromatic carbocycles. The quantitative estimate of drug-likeness (QED) is 0.707. The average molecular weight is 231 g/mol. The third-order valence-corrected chi connectivity index (χ3v) is 2.09. The molecule has 5 N–H and O–H groups in total. The standard InChI is InChI=1S/C9H11F2N3O2/c10-9(11)8-5(2-12)7(13)4(3-14-8)1-6(15)16/h3,9H,1-2,12H2,(H2,13,14)(H,15,16). The van der Waals surface area contributed by atoms with Crippen molar-refractivity contribution in [2.75, 3.05) is 5.73 Å². The Morgan fingerprint density at radius 2 is 2.19 bits per heavy atom. The lowest BCUT2D eigenvalue weighted by atomic mass is 10.1. The zero-order valence-electron chi connectivity index (χ0n) is 8.28. The van der Waals surface area contributed by atoms with Crippen LogP contribution in [-0.2, 0) is 17.8 Å². The maximum absolute atomic E-state index is 12.5. The van der Waals surface area contributed by atoms with Crippen molar-refractivity contribution in [3.63, 3.8) is 0 Å². The van der Waals surface area contributed by atoms with E-state index in [-0.39, 0.29) is 29.8 Å². The first-order chi connectivity index (χ1) is 7.47. The Morgan fingerprint density at radius 3 is 2.62 bits per heavy atom. The summed E-state index contributed by atoms with van der Waals surface area (Å²) in [6.07, 6.45) is -2.10. The third-order valence-electron chi connectivity index (χ3n) is 2.09. The Balaban J connectivity index is 3.23. The van der Waals surface area contributed by atoms with Crippen LogP contribution in [0, 0.1) is 0 Å². The van der Waals surface area contributed by atoms with E-state index in [2.05, 4.69) is 4.98 Å². The fourth-order valence-corrected chi connectivity index (χ4v) is 1.33. The van der Waals surface area contributed by atoms with Gasteiger partial charge < -0.3 is 16.6 Å². The Kier molecular flexibility index (Phi) is 3.73. The molecule has 0 atom stereocenters. The van der Waals surface area contributed by atoms with Crippen LogP contribution in [0.25, 0.3) is 0 Å². The number of anilines is 1. The Hall–Kier alpha value is -1.76. The molecular weight excluding hydrogens is 220 g/mol. The first-order valence-electron chi connectivity index (χ1n) is 4.43. The van der Waals surface area contributed by atoms with Gasteiger partial charge in [-0.15, -0.1) is 0 Å². The largest absolute Gasteiger partial charge is 0.481 e. The molecule has 0 aliphatic carbocycles. The van der Waals surface area contributed by atoms with Gasteiger partial charge in [-0.2, -0.15) is 0 Å². The van der Waals surface area contributed by atoms with Gasteiger partial charge in [0, 0.05) is 29.6 Å². The number of aromatic nitrogens is 1. The lowest BCUT2D eigenvalue weighted by Crippen LogP contribution is -2.13. The van der Waals surface area contributed by atoms with Crippen molar-refractivity contribution in [2.45, 2.75) is 19.4 Å². The van der Waals surface area contributed by atoms with E-state index in [4.69, 9.17) is 16.6 Å². The maximum Gasteiger partial charge on any atom is 0.307 e. The molecule has 1 aromatic heterocycles. The van der Waals surface area contributed by atoms with Gasteiger partial charge in [0.05, 0.1) is 6.42 Å². The van der Waals surface area contributed by atoms with Crippen molar-refractivity contribution in [3.8, 4) is 0 Å². The number of carbonyl (C=O) groups is 1. The topological polar surface area (TPSA) is 102 Å². The van der Waals surface area contributed by atoms with Crippen molar-refractivity contribution in [2.24, 2.45) is 5.73 Å². The molecule has 1 heterocycles. The summed E-state index contributed by atoms with van der Waals surface area (Å²) >= 11 is 0. The molecule has 1 aromatic rings. The predicted molar refractivity (Wildman–Crippen MR) is 52.8 cm³/mol. The van der Waals surface area contributed by atoms with Gasteiger partial charge in [0.25, 0.3) is 6.43 Å². The molecule has 88 valence electrons. The van der Waals surface area contributed by atoms with Crippen LogP contribution in [0.2, 0.25) is 0 Å². The van der Waals surface area contributed by atoms with Crippen LogP contribution >= 0.6 is 0 Å². The van der Waals surface area contributed by atoms with Crippen LogP contribution in [0.4, 0.5) is 14.5 Å². The zero-order chi connectivity index (χ0) is 12.3. The summed E-state index contributed by atoms with van der Waals surface area (Å²) in [5.41, 5.74) is 10.5. The minimum Gasteiger partial charge on any atom is -0.481 e. The molecule has 1 rings (SSSR count). The van der Waals surface area contributed by atoms with Gasteiger partial charge in [0.15, 0.2) is 0 Å². The Bertz CT molecular complexity index is 410. The van der Waals surface area contributed by atoms with Gasteiger partial charge in [0.2, 0.25) is 0 Å². The molecule has 0 saturated carbocycles. The minimum atomic E-state index is -2.78. The van der Waals surface area contributed by atoms with Crippen LogP contribution in [0.5, 0.6) is 0 Å². The molecule has 0 aliphatic rings. The van der Waals surface area contributed by atoms with Gasteiger partial charge in [-0.1, -0.05) is 0 Å². The molecule has 0 bridgehead atoms. The Morgan fingerprint density at radius 1 is 1.56 bits per heavy atom. The monoisotopic (exact) mass is 231 g/mol. The highest BCUT2D eigenvalue weighted by Crippen LogP contribution is 2.27. The lowest BCUT2D eigenvalue weighted by Gasteiger charge is -2.12. The molecule has 0 saturated heterocycles. The second-order valence-corrected chi connectivity index (χ2v) is 3.14. The SMILES string of the molecule is NCc1c(C(F)F)ncc(CC(=O)O)c1N. The van der Waals surface area contributed by atoms with E-state index in [1.54, 1.807) is 0 Å². The number of hydrogen-bond acceptors (Lipinski definition) is 4. The highest BCUT2D eigenvalue weighted by Gasteiger charge is 2.19. The third kappa shape index (κ3) is 2.43. The molecule has 16 heavy (non-hydrogen) atoms. The maximum atomic E-state index is 12.5. The number of rotatable bonds is 4. The summed E-state index contributed by atoms with van der Waals surface area (Å²) in [6.45, 7) is -0.202. The van der Waals surface area contributed by atoms with Gasteiger partial charge >= 0.3 is 5.97 Å². The van der Waals surface area contributed by atoms with Crippen molar-refractivity contribution in [1.29, 1.82) is 0 Å². The van der Waals surface area contributed by atoms with Crippen LogP contribution in [0.3, 0.4) is 0 Å². The van der Waals surface area contributed by atoms with E-state index in [0.29, 0.717) is 0 Å². The molecule has 0 unspecified atom stereocenters. The summed E-state index contributed by atoms with van der Waals surface area (Å²) in [7, 11) is 0. The van der Waals surface area contributed by atoms with Crippen molar-refractivity contribution in [3.05, 3.63) is 23.0 Å². The van der Waals surface area contributed by atoms with E-state index >= 15 is 0 Å². The molecule has 0 radical (unpaired) electrons. The fourth-order valence-electron chi connectivity index (χ4n) is 1.33. The number of hydrogen-bond donors (Lipinski definition) is 3. The minimum absolute atomic E-state index is 0.00810. The van der Waals surface area contributed by atoms with Crippen LogP contribution in [-0.4, -0.2) is 16.1 Å². The molecular formula is C9H11F2N3O2. The molecule has 0 aliphatic heterocycles. The highest BCUT2D eigenvalue weighted by atomic mass is 19.3. The van der Waals surface area contributed by atoms with Crippen molar-refractivity contribution in [1.82, 2.24) is 4.98 Å². The van der Waals surface area contributed by atoms with Gasteiger partial charge in [-0.3, -0.25) is 9.78 Å². The summed E-state index contributed by atoms with van der Waals surface area (Å²) in [5.74, 6) is -1.11. The van der Waals surface area contributed by atoms with Gasteiger partial charge in [-0.05, 0) is 0 Å². The Labute approximate surface area is 90.1 Å². The number of nitrogens with zero attached hydrogens (tertiary/aromatic N) is 1. The first-order valence-corrected chi connectivity index (χ1v) is 4.43. The first kappa shape index (κ1) is 12.3. The van der Waals surface area contributed by atoms with Crippen LogP contribution in [0.15, 0.2) is 6.20 Å². The number of carboxylic acid groups (broad SMARTS) is 1.